The van der Waals surface area contributed by atoms with Crippen LogP contribution in [0.15, 0.2) is 260 Å². The highest BCUT2D eigenvalue weighted by Gasteiger charge is 2.23. The predicted octanol–water partition coefficient (Wildman–Crippen LogP) is 17.9. The van der Waals surface area contributed by atoms with Gasteiger partial charge < -0.3 is 13.6 Å². The van der Waals surface area contributed by atoms with E-state index in [9.17, 15) is 0 Å². The molecule has 0 aliphatic carbocycles. The summed E-state index contributed by atoms with van der Waals surface area (Å²) in [6.07, 6.45) is 21.0. The van der Waals surface area contributed by atoms with Gasteiger partial charge in [-0.2, -0.15) is 0 Å². The van der Waals surface area contributed by atoms with Gasteiger partial charge in [-0.15, -0.1) is 0 Å². The Kier molecular flexibility index (Phi) is 13.2. The van der Waals surface area contributed by atoms with Gasteiger partial charge in [0.15, 0.2) is 5.58 Å². The summed E-state index contributed by atoms with van der Waals surface area (Å²) in [7, 11) is 0. The third-order valence-corrected chi connectivity index (χ3v) is 13.2. The van der Waals surface area contributed by atoms with Crippen molar-refractivity contribution < 1.29 is 4.42 Å². The second kappa shape index (κ2) is 20.9. The molecule has 0 amide bonds. The standard InChI is InChI=1S/C56H34N6O.C7H10.C4H8/c1-3-15-40(46-18-7-9-27-57-46)38(13-1)35-23-25-48-44(31-35)54-50(20-11-29-59-54)61(48)37-33-43-42-17-5-6-22-53(42)63-56(43)52(34-37)62-49-26-24-36(32-45(49)55-51(62)21-12-30-60-55)39-14-2-4-16-41(39)47-19-8-10-28-58-47;1-3-5-7-6-4-2;1-3-4-2/h1-34H;3-7H,1H2,2H3;3-4H,1-2H3/b;6-4-,7-5-;4-3-. The molecule has 7 aromatic heterocycles. The van der Waals surface area contributed by atoms with Gasteiger partial charge >= 0.3 is 0 Å². The predicted molar refractivity (Wildman–Crippen MR) is 310 cm³/mol. The fourth-order valence-corrected chi connectivity index (χ4v) is 9.85. The molecule has 13 aromatic rings. The molecule has 0 fully saturated rings. The van der Waals surface area contributed by atoms with E-state index < -0.39 is 0 Å². The molecule has 7 heteroatoms. The van der Waals surface area contributed by atoms with E-state index >= 15 is 0 Å². The van der Waals surface area contributed by atoms with Crippen LogP contribution in [-0.2, 0) is 0 Å². The maximum absolute atomic E-state index is 6.85. The van der Waals surface area contributed by atoms with E-state index in [0.717, 1.165) is 122 Å². The maximum atomic E-state index is 6.85. The average molecular weight is 957 g/mol. The molecule has 0 saturated heterocycles. The third-order valence-electron chi connectivity index (χ3n) is 13.2. The quantitative estimate of drug-likeness (QED) is 0.112. The van der Waals surface area contributed by atoms with Crippen LogP contribution in [0, 0.1) is 0 Å². The molecule has 7 heterocycles. The van der Waals surface area contributed by atoms with Crippen LogP contribution in [0.4, 0.5) is 0 Å². The fourth-order valence-electron chi connectivity index (χ4n) is 9.85. The van der Waals surface area contributed by atoms with Crippen molar-refractivity contribution in [1.29, 1.82) is 0 Å². The van der Waals surface area contributed by atoms with Gasteiger partial charge in [-0.25, -0.2) is 0 Å². The Morgan fingerprint density at radius 3 is 1.49 bits per heavy atom. The third kappa shape index (κ3) is 8.67. The zero-order valence-electron chi connectivity index (χ0n) is 41.5. The lowest BCUT2D eigenvalue weighted by Crippen LogP contribution is -2.00. The molecule has 0 atom stereocenters. The monoisotopic (exact) mass is 956 g/mol. The van der Waals surface area contributed by atoms with Crippen molar-refractivity contribution in [2.24, 2.45) is 0 Å². The van der Waals surface area contributed by atoms with Gasteiger partial charge in [0.05, 0.1) is 50.2 Å². The number of hydrogen-bond donors (Lipinski definition) is 0. The van der Waals surface area contributed by atoms with E-state index in [1.807, 2.05) is 131 Å². The molecule has 0 aliphatic heterocycles. The summed E-state index contributed by atoms with van der Waals surface area (Å²) in [5.41, 5.74) is 18.0. The molecule has 0 saturated carbocycles. The summed E-state index contributed by atoms with van der Waals surface area (Å²) >= 11 is 0. The first-order valence-corrected chi connectivity index (χ1v) is 24.8. The van der Waals surface area contributed by atoms with Gasteiger partial charge in [0, 0.05) is 63.1 Å². The number of aromatic nitrogens is 6. The first-order valence-electron chi connectivity index (χ1n) is 24.8. The average Bonchev–Trinajstić information content (AvgIpc) is 4.14. The van der Waals surface area contributed by atoms with Crippen LogP contribution in [0.3, 0.4) is 0 Å². The van der Waals surface area contributed by atoms with Crippen molar-refractivity contribution in [3.05, 3.63) is 256 Å². The maximum Gasteiger partial charge on any atom is 0.159 e. The van der Waals surface area contributed by atoms with Gasteiger partial charge in [-0.1, -0.05) is 140 Å². The van der Waals surface area contributed by atoms with Crippen LogP contribution in [0.5, 0.6) is 0 Å². The number of benzene rings is 6. The van der Waals surface area contributed by atoms with Gasteiger partial charge in [0.2, 0.25) is 0 Å². The highest BCUT2D eigenvalue weighted by molar-refractivity contribution is 6.14. The van der Waals surface area contributed by atoms with Crippen LogP contribution < -0.4 is 0 Å². The number of furan rings is 1. The van der Waals surface area contributed by atoms with Gasteiger partial charge in [-0.3, -0.25) is 19.9 Å². The molecule has 356 valence electrons. The molecule has 0 radical (unpaired) electrons. The molecule has 74 heavy (non-hydrogen) atoms. The summed E-state index contributed by atoms with van der Waals surface area (Å²) in [6, 6.07) is 63.6. The number of para-hydroxylation sites is 1. The molecule has 0 N–H and O–H groups in total. The molecule has 0 aliphatic rings. The second-order valence-corrected chi connectivity index (χ2v) is 17.7. The summed E-state index contributed by atoms with van der Waals surface area (Å²) in [5, 5.41) is 4.19. The van der Waals surface area contributed by atoms with Crippen LogP contribution in [0.2, 0.25) is 0 Å². The Bertz CT molecular complexity index is 4250. The van der Waals surface area contributed by atoms with Crippen molar-refractivity contribution in [3.63, 3.8) is 0 Å². The van der Waals surface area contributed by atoms with Crippen molar-refractivity contribution in [3.8, 4) is 56.1 Å². The Hall–Kier alpha value is -9.72. The summed E-state index contributed by atoms with van der Waals surface area (Å²) < 4.78 is 11.5. The van der Waals surface area contributed by atoms with E-state index in [1.54, 1.807) is 6.08 Å². The second-order valence-electron chi connectivity index (χ2n) is 17.7. The van der Waals surface area contributed by atoms with Crippen LogP contribution in [-0.4, -0.2) is 29.1 Å². The minimum Gasteiger partial charge on any atom is -0.454 e. The number of hydrogen-bond acceptors (Lipinski definition) is 5. The number of rotatable bonds is 8. The molecule has 0 unspecified atom stereocenters. The van der Waals surface area contributed by atoms with Crippen molar-refractivity contribution in [1.82, 2.24) is 29.1 Å². The van der Waals surface area contributed by atoms with Crippen LogP contribution >= 0.6 is 0 Å². The Labute approximate surface area is 430 Å². The van der Waals surface area contributed by atoms with Crippen molar-refractivity contribution in [2.75, 3.05) is 0 Å². The molecule has 7 nitrogen and oxygen atoms in total. The number of nitrogens with zero attached hydrogens (tertiary/aromatic N) is 6. The van der Waals surface area contributed by atoms with E-state index in [4.69, 9.17) is 24.4 Å². The van der Waals surface area contributed by atoms with Crippen molar-refractivity contribution in [2.45, 2.75) is 20.8 Å². The largest absolute Gasteiger partial charge is 0.454 e. The number of allylic oxidation sites excluding steroid dienone is 7. The summed E-state index contributed by atoms with van der Waals surface area (Å²) in [5.74, 6) is 0. The van der Waals surface area contributed by atoms with Crippen LogP contribution in [0.1, 0.15) is 20.8 Å². The minimum absolute atomic E-state index is 0.805. The zero-order chi connectivity index (χ0) is 50.4. The topological polar surface area (TPSA) is 74.6 Å². The summed E-state index contributed by atoms with van der Waals surface area (Å²) in [6.45, 7) is 9.49. The van der Waals surface area contributed by atoms with E-state index in [1.165, 1.54) is 0 Å². The normalized spacial score (nSPS) is 11.6. The molecular weight excluding hydrogens is 905 g/mol. The lowest BCUT2D eigenvalue weighted by atomic mass is 9.96. The molecule has 6 aromatic carbocycles. The van der Waals surface area contributed by atoms with E-state index in [-0.39, 0.29) is 0 Å². The highest BCUT2D eigenvalue weighted by atomic mass is 16.3. The molecular formula is C67H52N6O. The SMILES string of the molecule is C/C=C\C.C=C/C=C\C=C/C.c1ccc(-c2ccccc2-c2ccc3c(c2)c2ncccc2n3-c2cc(-n3c4ccc(-c5ccccc5-c5ccccn5)cc4c4ncccc43)c3oc4ccccc4c3c2)nc1. The highest BCUT2D eigenvalue weighted by Crippen LogP contribution is 2.43. The first-order chi connectivity index (χ1) is 36.6. The smallest absolute Gasteiger partial charge is 0.159 e. The van der Waals surface area contributed by atoms with E-state index in [2.05, 4.69) is 149 Å². The van der Waals surface area contributed by atoms with E-state index in [0.29, 0.717) is 0 Å². The molecule has 0 bridgehead atoms. The van der Waals surface area contributed by atoms with Gasteiger partial charge in [0.1, 0.15) is 5.58 Å². The van der Waals surface area contributed by atoms with Crippen molar-refractivity contribution >= 4 is 65.8 Å². The Balaban J connectivity index is 0.000000487. The van der Waals surface area contributed by atoms with Gasteiger partial charge in [0.25, 0.3) is 0 Å². The minimum atomic E-state index is 0.805. The Morgan fingerprint density at radius 2 is 0.932 bits per heavy atom. The lowest BCUT2D eigenvalue weighted by molar-refractivity contribution is 0.666. The number of fused-ring (bicyclic) bond motifs is 9. The summed E-state index contributed by atoms with van der Waals surface area (Å²) in [4.78, 5) is 19.4. The van der Waals surface area contributed by atoms with Crippen LogP contribution in [0.25, 0.3) is 122 Å². The lowest BCUT2D eigenvalue weighted by Gasteiger charge is -2.14. The number of pyridine rings is 4. The fraction of sp³-hybridized carbons (Fsp3) is 0.0448. The zero-order valence-corrected chi connectivity index (χ0v) is 41.5. The first kappa shape index (κ1) is 46.7. The molecule has 0 spiro atoms. The van der Waals surface area contributed by atoms with Gasteiger partial charge in [-0.05, 0) is 134 Å². The Morgan fingerprint density at radius 1 is 0.405 bits per heavy atom. The molecule has 13 rings (SSSR count).